The number of unbranched alkanes of at least 4 members (excludes halogenated alkanes) is 3. The lowest BCUT2D eigenvalue weighted by atomic mass is 9.95. The Labute approximate surface area is 187 Å². The number of carboxylic acid groups (broad SMARTS) is 1. The first-order valence-corrected chi connectivity index (χ1v) is 11.1. The number of aliphatic hydroxyl groups is 1. The average molecular weight is 439 g/mol. The molecule has 0 unspecified atom stereocenters. The highest BCUT2D eigenvalue weighted by Crippen LogP contribution is 2.44. The molecule has 0 saturated carbocycles. The minimum Gasteiger partial charge on any atom is -0.481 e. The van der Waals surface area contributed by atoms with Gasteiger partial charge < -0.3 is 20.8 Å². The Morgan fingerprint density at radius 3 is 2.06 bits per heavy atom. The summed E-state index contributed by atoms with van der Waals surface area (Å²) in [5, 5.41) is 23.5. The van der Waals surface area contributed by atoms with Crippen LogP contribution < -0.4 is 10.6 Å². The molecule has 1 atom stereocenters. The maximum atomic E-state index is 13.3. The Bertz CT molecular complexity index is 913. The molecular formula is C25H30N2O5. The molecule has 170 valence electrons. The maximum Gasteiger partial charge on any atom is 0.303 e. The Kier molecular flexibility index (Phi) is 8.39. The summed E-state index contributed by atoms with van der Waals surface area (Å²) in [7, 11) is 0. The van der Waals surface area contributed by atoms with Crippen molar-refractivity contribution in [3.05, 3.63) is 59.7 Å². The fourth-order valence-electron chi connectivity index (χ4n) is 4.15. The average Bonchev–Trinajstić information content (AvgIpc) is 3.13. The second kappa shape index (κ2) is 11.4. The lowest BCUT2D eigenvalue weighted by Crippen LogP contribution is -2.48. The fraction of sp³-hybridized carbons (Fsp3) is 0.400. The van der Waals surface area contributed by atoms with Crippen molar-refractivity contribution in [2.24, 2.45) is 0 Å². The van der Waals surface area contributed by atoms with Gasteiger partial charge in [0.2, 0.25) is 11.8 Å². The van der Waals surface area contributed by atoms with Gasteiger partial charge in [-0.05, 0) is 41.5 Å². The molecule has 3 rings (SSSR count). The SMILES string of the molecule is O=C(O)CC[C@H](NC(=O)C1c2ccccc2-c2ccccc21)C(=O)NCCCCCCO. The van der Waals surface area contributed by atoms with Gasteiger partial charge in [0, 0.05) is 19.6 Å². The van der Waals surface area contributed by atoms with E-state index >= 15 is 0 Å². The van der Waals surface area contributed by atoms with Gasteiger partial charge in [-0.1, -0.05) is 61.4 Å². The van der Waals surface area contributed by atoms with Crippen molar-refractivity contribution < 1.29 is 24.6 Å². The summed E-state index contributed by atoms with van der Waals surface area (Å²) < 4.78 is 0. The van der Waals surface area contributed by atoms with Crippen LogP contribution in [0.5, 0.6) is 0 Å². The molecule has 4 N–H and O–H groups in total. The summed E-state index contributed by atoms with van der Waals surface area (Å²) in [6.45, 7) is 0.599. The third-order valence-electron chi connectivity index (χ3n) is 5.76. The third-order valence-corrected chi connectivity index (χ3v) is 5.76. The number of carbonyl (C=O) groups is 3. The van der Waals surface area contributed by atoms with Gasteiger partial charge in [0.05, 0.1) is 5.92 Å². The van der Waals surface area contributed by atoms with Crippen molar-refractivity contribution in [2.45, 2.75) is 50.5 Å². The summed E-state index contributed by atoms with van der Waals surface area (Å²) in [5.74, 6) is -2.24. The summed E-state index contributed by atoms with van der Waals surface area (Å²) in [5.41, 5.74) is 3.76. The number of nitrogens with one attached hydrogen (secondary N) is 2. The number of rotatable bonds is 12. The van der Waals surface area contributed by atoms with Crippen LogP contribution in [-0.4, -0.2) is 47.2 Å². The topological polar surface area (TPSA) is 116 Å². The number of aliphatic hydroxyl groups excluding tert-OH is 1. The highest BCUT2D eigenvalue weighted by atomic mass is 16.4. The molecule has 0 heterocycles. The second-order valence-corrected chi connectivity index (χ2v) is 8.03. The van der Waals surface area contributed by atoms with E-state index in [0.717, 1.165) is 47.9 Å². The number of fused-ring (bicyclic) bond motifs is 3. The van der Waals surface area contributed by atoms with Crippen molar-refractivity contribution in [3.63, 3.8) is 0 Å². The number of carbonyl (C=O) groups excluding carboxylic acids is 2. The van der Waals surface area contributed by atoms with E-state index in [1.165, 1.54) is 0 Å². The molecule has 0 aromatic heterocycles. The zero-order valence-corrected chi connectivity index (χ0v) is 18.0. The third kappa shape index (κ3) is 5.73. The minimum atomic E-state index is -1.02. The van der Waals surface area contributed by atoms with Crippen LogP contribution in [0.2, 0.25) is 0 Å². The van der Waals surface area contributed by atoms with E-state index in [2.05, 4.69) is 10.6 Å². The highest BCUT2D eigenvalue weighted by Gasteiger charge is 2.35. The van der Waals surface area contributed by atoms with Gasteiger partial charge in [-0.3, -0.25) is 14.4 Å². The van der Waals surface area contributed by atoms with Gasteiger partial charge in [0.15, 0.2) is 0 Å². The molecule has 2 aromatic rings. The molecule has 2 aromatic carbocycles. The monoisotopic (exact) mass is 438 g/mol. The smallest absolute Gasteiger partial charge is 0.303 e. The van der Waals surface area contributed by atoms with Crippen molar-refractivity contribution in [3.8, 4) is 11.1 Å². The van der Waals surface area contributed by atoms with Crippen molar-refractivity contribution in [1.29, 1.82) is 0 Å². The summed E-state index contributed by atoms with van der Waals surface area (Å²) in [6.07, 6.45) is 3.05. The summed E-state index contributed by atoms with van der Waals surface area (Å²) >= 11 is 0. The van der Waals surface area contributed by atoms with Crippen LogP contribution in [-0.2, 0) is 14.4 Å². The van der Waals surface area contributed by atoms with E-state index in [1.54, 1.807) is 0 Å². The first kappa shape index (κ1) is 23.5. The van der Waals surface area contributed by atoms with Crippen LogP contribution in [0, 0.1) is 0 Å². The molecule has 0 fully saturated rings. The van der Waals surface area contributed by atoms with Crippen molar-refractivity contribution in [2.75, 3.05) is 13.2 Å². The fourth-order valence-corrected chi connectivity index (χ4v) is 4.15. The van der Waals surface area contributed by atoms with Crippen LogP contribution in [0.3, 0.4) is 0 Å². The molecule has 7 nitrogen and oxygen atoms in total. The summed E-state index contributed by atoms with van der Waals surface area (Å²) in [4.78, 5) is 37.1. The van der Waals surface area contributed by atoms with Gasteiger partial charge in [-0.2, -0.15) is 0 Å². The number of aliphatic carboxylic acids is 1. The predicted octanol–water partition coefficient (Wildman–Crippen LogP) is 2.82. The van der Waals surface area contributed by atoms with Crippen molar-refractivity contribution >= 4 is 17.8 Å². The number of hydrogen-bond donors (Lipinski definition) is 4. The van der Waals surface area contributed by atoms with Crippen LogP contribution in [0.4, 0.5) is 0 Å². The molecule has 7 heteroatoms. The Morgan fingerprint density at radius 2 is 1.47 bits per heavy atom. The zero-order valence-electron chi connectivity index (χ0n) is 18.0. The van der Waals surface area contributed by atoms with Crippen LogP contribution in [0.15, 0.2) is 48.5 Å². The van der Waals surface area contributed by atoms with E-state index in [4.69, 9.17) is 10.2 Å². The first-order chi connectivity index (χ1) is 15.5. The quantitative estimate of drug-likeness (QED) is 0.380. The van der Waals surface area contributed by atoms with E-state index in [9.17, 15) is 14.4 Å². The second-order valence-electron chi connectivity index (χ2n) is 8.03. The van der Waals surface area contributed by atoms with Gasteiger partial charge in [0.1, 0.15) is 6.04 Å². The molecule has 1 aliphatic carbocycles. The molecule has 0 aliphatic heterocycles. The van der Waals surface area contributed by atoms with Crippen LogP contribution >= 0.6 is 0 Å². The van der Waals surface area contributed by atoms with Gasteiger partial charge in [-0.15, -0.1) is 0 Å². The highest BCUT2D eigenvalue weighted by molar-refractivity contribution is 5.98. The summed E-state index contributed by atoms with van der Waals surface area (Å²) in [6, 6.07) is 14.5. The number of carboxylic acids is 1. The Hall–Kier alpha value is -3.19. The molecule has 0 saturated heterocycles. The van der Waals surface area contributed by atoms with Gasteiger partial charge in [0.25, 0.3) is 0 Å². The maximum absolute atomic E-state index is 13.3. The van der Waals surface area contributed by atoms with Gasteiger partial charge >= 0.3 is 5.97 Å². The largest absolute Gasteiger partial charge is 0.481 e. The van der Waals surface area contributed by atoms with E-state index in [0.29, 0.717) is 6.54 Å². The molecule has 0 radical (unpaired) electrons. The molecule has 32 heavy (non-hydrogen) atoms. The zero-order chi connectivity index (χ0) is 22.9. The Morgan fingerprint density at radius 1 is 0.875 bits per heavy atom. The molecular weight excluding hydrogens is 408 g/mol. The minimum absolute atomic E-state index is 0.0213. The molecule has 0 bridgehead atoms. The van der Waals surface area contributed by atoms with Crippen LogP contribution in [0.1, 0.15) is 55.6 Å². The molecule has 2 amide bonds. The van der Waals surface area contributed by atoms with Crippen LogP contribution in [0.25, 0.3) is 11.1 Å². The number of amides is 2. The first-order valence-electron chi connectivity index (χ1n) is 11.1. The standard InChI is InChI=1S/C25H30N2O5/c28-16-8-2-1-7-15-26-24(31)21(13-14-22(29)30)27-25(32)23-19-11-5-3-9-17(19)18-10-4-6-12-20(18)23/h3-6,9-12,21,23,28H,1-2,7-8,13-16H2,(H,26,31)(H,27,32)(H,29,30)/t21-/m0/s1. The van der Waals surface area contributed by atoms with E-state index in [-0.39, 0.29) is 31.3 Å². The van der Waals surface area contributed by atoms with Gasteiger partial charge in [-0.25, -0.2) is 0 Å². The van der Waals surface area contributed by atoms with E-state index < -0.39 is 17.9 Å². The predicted molar refractivity (Wildman–Crippen MR) is 121 cm³/mol. The number of benzene rings is 2. The lowest BCUT2D eigenvalue weighted by molar-refractivity contribution is -0.138. The van der Waals surface area contributed by atoms with E-state index in [1.807, 2.05) is 48.5 Å². The lowest BCUT2D eigenvalue weighted by Gasteiger charge is -2.21. The van der Waals surface area contributed by atoms with Crippen molar-refractivity contribution in [1.82, 2.24) is 10.6 Å². The normalized spacial score (nSPS) is 13.2. The molecule has 1 aliphatic rings. The number of hydrogen-bond acceptors (Lipinski definition) is 4. The molecule has 0 spiro atoms. The Balaban J connectivity index is 1.69.